The van der Waals surface area contributed by atoms with Gasteiger partial charge in [0.1, 0.15) is 0 Å². The smallest absolute Gasteiger partial charge is 0.216 e. The van der Waals surface area contributed by atoms with Crippen molar-refractivity contribution in [2.24, 2.45) is 5.73 Å². The summed E-state index contributed by atoms with van der Waals surface area (Å²) >= 11 is 0. The molecule has 2 fully saturated rings. The predicted molar refractivity (Wildman–Crippen MR) is 72.4 cm³/mol. The van der Waals surface area contributed by atoms with E-state index in [1.807, 2.05) is 0 Å². The highest BCUT2D eigenvalue weighted by molar-refractivity contribution is 7.89. The van der Waals surface area contributed by atoms with Crippen LogP contribution in [0.15, 0.2) is 0 Å². The van der Waals surface area contributed by atoms with Crippen LogP contribution in [0.1, 0.15) is 25.7 Å². The van der Waals surface area contributed by atoms with E-state index < -0.39 is 10.0 Å². The van der Waals surface area contributed by atoms with Gasteiger partial charge in [0.05, 0.1) is 24.6 Å². The van der Waals surface area contributed by atoms with E-state index in [2.05, 4.69) is 0 Å². The summed E-state index contributed by atoms with van der Waals surface area (Å²) in [5.41, 5.74) is 5.39. The van der Waals surface area contributed by atoms with E-state index in [-0.39, 0.29) is 18.0 Å². The lowest BCUT2D eigenvalue weighted by molar-refractivity contribution is 0.0255. The molecule has 0 radical (unpaired) electrons. The second-order valence-electron chi connectivity index (χ2n) is 5.17. The minimum absolute atomic E-state index is 0.115. The first-order valence-corrected chi connectivity index (χ1v) is 8.64. The van der Waals surface area contributed by atoms with E-state index in [0.717, 1.165) is 25.7 Å². The van der Waals surface area contributed by atoms with Gasteiger partial charge in [-0.1, -0.05) is 0 Å². The lowest BCUT2D eigenvalue weighted by Crippen LogP contribution is -2.43. The number of sulfonamides is 1. The fraction of sp³-hybridized carbons (Fsp3) is 1.00. The maximum absolute atomic E-state index is 12.2. The lowest BCUT2D eigenvalue weighted by Gasteiger charge is -2.31. The molecule has 0 bridgehead atoms. The van der Waals surface area contributed by atoms with Crippen molar-refractivity contribution in [2.75, 3.05) is 38.6 Å². The third-order valence-corrected chi connectivity index (χ3v) is 5.63. The quantitative estimate of drug-likeness (QED) is 0.741. The number of piperidine rings is 1. The molecule has 0 aromatic rings. The Hall–Kier alpha value is -0.210. The monoisotopic (exact) mass is 292 g/mol. The van der Waals surface area contributed by atoms with Crippen molar-refractivity contribution in [1.82, 2.24) is 4.31 Å². The molecule has 7 heteroatoms. The maximum atomic E-state index is 12.2. The summed E-state index contributed by atoms with van der Waals surface area (Å²) in [6.07, 6.45) is 3.37. The molecule has 0 amide bonds. The van der Waals surface area contributed by atoms with Gasteiger partial charge in [0.15, 0.2) is 0 Å². The Balaban J connectivity index is 1.79. The molecule has 0 aliphatic carbocycles. The van der Waals surface area contributed by atoms with E-state index >= 15 is 0 Å². The maximum Gasteiger partial charge on any atom is 0.216 e. The Morgan fingerprint density at radius 1 is 1.26 bits per heavy atom. The summed E-state index contributed by atoms with van der Waals surface area (Å²) in [5.74, 6) is 0.126. The minimum atomic E-state index is -3.18. The number of hydrogen-bond donors (Lipinski definition) is 1. The molecule has 1 atom stereocenters. The molecule has 2 heterocycles. The van der Waals surface area contributed by atoms with E-state index in [1.165, 1.54) is 0 Å². The van der Waals surface area contributed by atoms with Crippen LogP contribution in [0.25, 0.3) is 0 Å². The van der Waals surface area contributed by atoms with Gasteiger partial charge in [-0.05, 0) is 25.7 Å². The molecule has 112 valence electrons. The molecule has 6 nitrogen and oxygen atoms in total. The Morgan fingerprint density at radius 2 is 2.00 bits per heavy atom. The van der Waals surface area contributed by atoms with Crippen LogP contribution in [0.4, 0.5) is 0 Å². The Morgan fingerprint density at radius 3 is 2.58 bits per heavy atom. The Kier molecular flexibility index (Phi) is 5.58. The Bertz CT molecular complexity index is 360. The summed E-state index contributed by atoms with van der Waals surface area (Å²) in [4.78, 5) is 0. The second kappa shape index (κ2) is 6.99. The summed E-state index contributed by atoms with van der Waals surface area (Å²) in [6.45, 7) is 2.84. The average Bonchev–Trinajstić information content (AvgIpc) is 2.89. The summed E-state index contributed by atoms with van der Waals surface area (Å²) in [6, 6.07) is 0. The number of hydrogen-bond acceptors (Lipinski definition) is 5. The van der Waals surface area contributed by atoms with E-state index in [9.17, 15) is 8.42 Å². The van der Waals surface area contributed by atoms with Crippen molar-refractivity contribution < 1.29 is 17.9 Å². The van der Waals surface area contributed by atoms with Gasteiger partial charge in [-0.25, -0.2) is 12.7 Å². The fourth-order valence-corrected chi connectivity index (χ4v) is 4.34. The van der Waals surface area contributed by atoms with Gasteiger partial charge in [0, 0.05) is 26.2 Å². The molecule has 2 N–H and O–H groups in total. The molecule has 0 saturated carbocycles. The molecule has 0 aromatic carbocycles. The average molecular weight is 292 g/mol. The van der Waals surface area contributed by atoms with Crippen LogP contribution in [0.3, 0.4) is 0 Å². The zero-order chi connectivity index (χ0) is 13.7. The highest BCUT2D eigenvalue weighted by Gasteiger charge is 2.31. The predicted octanol–water partition coefficient (Wildman–Crippen LogP) is -0.0651. The largest absolute Gasteiger partial charge is 0.377 e. The zero-order valence-electron chi connectivity index (χ0n) is 11.3. The molecule has 2 aliphatic rings. The summed E-state index contributed by atoms with van der Waals surface area (Å²) < 4.78 is 37.0. The summed E-state index contributed by atoms with van der Waals surface area (Å²) in [5, 5.41) is 0. The van der Waals surface area contributed by atoms with Gasteiger partial charge in [-0.2, -0.15) is 0 Å². The molecular weight excluding hydrogens is 268 g/mol. The van der Waals surface area contributed by atoms with Crippen LogP contribution in [0.2, 0.25) is 0 Å². The van der Waals surface area contributed by atoms with Gasteiger partial charge in [0.25, 0.3) is 0 Å². The highest BCUT2D eigenvalue weighted by atomic mass is 32.2. The van der Waals surface area contributed by atoms with Crippen LogP contribution in [0, 0.1) is 0 Å². The molecule has 0 aromatic heterocycles. The van der Waals surface area contributed by atoms with Crippen molar-refractivity contribution >= 4 is 10.0 Å². The summed E-state index contributed by atoms with van der Waals surface area (Å²) in [7, 11) is -3.18. The van der Waals surface area contributed by atoms with E-state index in [0.29, 0.717) is 32.8 Å². The van der Waals surface area contributed by atoms with Gasteiger partial charge in [0.2, 0.25) is 10.0 Å². The third-order valence-electron chi connectivity index (χ3n) is 3.69. The normalized spacial score (nSPS) is 26.9. The molecule has 19 heavy (non-hydrogen) atoms. The van der Waals surface area contributed by atoms with E-state index in [1.54, 1.807) is 4.31 Å². The van der Waals surface area contributed by atoms with Crippen molar-refractivity contribution in [2.45, 2.75) is 37.9 Å². The van der Waals surface area contributed by atoms with Crippen LogP contribution in [-0.2, 0) is 19.5 Å². The minimum Gasteiger partial charge on any atom is -0.377 e. The van der Waals surface area contributed by atoms with Crippen LogP contribution in [0.5, 0.6) is 0 Å². The number of ether oxygens (including phenoxy) is 2. The lowest BCUT2D eigenvalue weighted by atomic mass is 10.1. The van der Waals surface area contributed by atoms with E-state index in [4.69, 9.17) is 15.2 Å². The first-order valence-electron chi connectivity index (χ1n) is 7.03. The highest BCUT2D eigenvalue weighted by Crippen LogP contribution is 2.20. The number of nitrogens with zero attached hydrogens (tertiary/aromatic N) is 1. The number of rotatable bonds is 6. The zero-order valence-corrected chi connectivity index (χ0v) is 12.1. The first kappa shape index (κ1) is 15.2. The SMILES string of the molecule is NCCOC1CCN(S(=O)(=O)CC2CCCO2)CC1. The van der Waals surface area contributed by atoms with Crippen molar-refractivity contribution in [3.05, 3.63) is 0 Å². The first-order chi connectivity index (χ1) is 9.12. The van der Waals surface area contributed by atoms with Crippen molar-refractivity contribution in [3.8, 4) is 0 Å². The van der Waals surface area contributed by atoms with Crippen molar-refractivity contribution in [1.29, 1.82) is 0 Å². The topological polar surface area (TPSA) is 81.9 Å². The molecule has 2 aliphatic heterocycles. The number of nitrogens with two attached hydrogens (primary N) is 1. The van der Waals surface area contributed by atoms with Gasteiger partial charge >= 0.3 is 0 Å². The molecule has 2 saturated heterocycles. The van der Waals surface area contributed by atoms with Crippen molar-refractivity contribution in [3.63, 3.8) is 0 Å². The van der Waals surface area contributed by atoms with Crippen LogP contribution in [-0.4, -0.2) is 63.5 Å². The fourth-order valence-electron chi connectivity index (χ4n) is 2.63. The van der Waals surface area contributed by atoms with Gasteiger partial charge in [-0.15, -0.1) is 0 Å². The molecule has 1 unspecified atom stereocenters. The third kappa shape index (κ3) is 4.39. The standard InChI is InChI=1S/C12H24N2O4S/c13-5-9-18-11-3-6-14(7-4-11)19(15,16)10-12-2-1-8-17-12/h11-12H,1-10,13H2. The Labute approximate surface area is 115 Å². The van der Waals surface area contributed by atoms with Crippen LogP contribution < -0.4 is 5.73 Å². The molecule has 2 rings (SSSR count). The van der Waals surface area contributed by atoms with Gasteiger partial charge < -0.3 is 15.2 Å². The second-order valence-corrected chi connectivity index (χ2v) is 7.19. The molecule has 0 spiro atoms. The molecular formula is C12H24N2O4S. The van der Waals surface area contributed by atoms with Crippen LogP contribution >= 0.6 is 0 Å². The van der Waals surface area contributed by atoms with Gasteiger partial charge in [-0.3, -0.25) is 0 Å².